The lowest BCUT2D eigenvalue weighted by atomic mass is 9.99. The molecule has 1 N–H and O–H groups in total. The van der Waals surface area contributed by atoms with Crippen molar-refractivity contribution in [1.29, 1.82) is 0 Å². The van der Waals surface area contributed by atoms with Crippen LogP contribution in [0.15, 0.2) is 23.3 Å². The second-order valence-corrected chi connectivity index (χ2v) is 6.18. The third-order valence-corrected chi connectivity index (χ3v) is 4.31. The number of carbonyl (C=O) groups is 1. The standard InChI is InChI=1S/C16H17ClN6O3/c1-9-11(14(24)13-10(2)19-22(3)16(13)25)4-5-12(17)15(9)26-7-6-23-8-18-20-21-23/h4-5,8,19H,6-7H2,1-3H3. The molecule has 2 aromatic heterocycles. The van der Waals surface area contributed by atoms with Crippen molar-refractivity contribution in [1.82, 2.24) is 30.0 Å². The summed E-state index contributed by atoms with van der Waals surface area (Å²) in [6, 6.07) is 3.18. The van der Waals surface area contributed by atoms with E-state index in [1.807, 2.05) is 0 Å². The van der Waals surface area contributed by atoms with Crippen molar-refractivity contribution in [3.63, 3.8) is 0 Å². The summed E-state index contributed by atoms with van der Waals surface area (Å²) in [5, 5.41) is 14.0. The molecule has 26 heavy (non-hydrogen) atoms. The van der Waals surface area contributed by atoms with E-state index in [1.54, 1.807) is 33.0 Å². The molecule has 0 saturated heterocycles. The van der Waals surface area contributed by atoms with Crippen LogP contribution in [-0.2, 0) is 13.6 Å². The van der Waals surface area contributed by atoms with E-state index in [0.29, 0.717) is 34.1 Å². The Hall–Kier alpha value is -2.94. The van der Waals surface area contributed by atoms with Crippen LogP contribution in [0.25, 0.3) is 0 Å². The number of carbonyl (C=O) groups excluding carboxylic acids is 1. The van der Waals surface area contributed by atoms with Crippen LogP contribution in [0.5, 0.6) is 5.75 Å². The highest BCUT2D eigenvalue weighted by atomic mass is 35.5. The molecule has 3 aromatic rings. The van der Waals surface area contributed by atoms with Gasteiger partial charge in [0.1, 0.15) is 24.2 Å². The minimum Gasteiger partial charge on any atom is -0.490 e. The molecule has 2 heterocycles. The molecule has 0 aliphatic carbocycles. The number of hydrogen-bond donors (Lipinski definition) is 1. The van der Waals surface area contributed by atoms with E-state index >= 15 is 0 Å². The maximum atomic E-state index is 12.9. The predicted octanol–water partition coefficient (Wildman–Crippen LogP) is 1.28. The van der Waals surface area contributed by atoms with Gasteiger partial charge < -0.3 is 4.74 Å². The van der Waals surface area contributed by atoms with Crippen molar-refractivity contribution < 1.29 is 9.53 Å². The third kappa shape index (κ3) is 3.25. The molecule has 0 bridgehead atoms. The summed E-state index contributed by atoms with van der Waals surface area (Å²) in [5.41, 5.74) is 1.19. The number of rotatable bonds is 6. The average Bonchev–Trinajstić information content (AvgIpc) is 3.19. The Morgan fingerprint density at radius 3 is 2.73 bits per heavy atom. The number of H-pyrrole nitrogens is 1. The molecule has 0 aliphatic rings. The van der Waals surface area contributed by atoms with Gasteiger partial charge in [0.15, 0.2) is 0 Å². The molecule has 0 amide bonds. The fourth-order valence-corrected chi connectivity index (χ4v) is 2.95. The van der Waals surface area contributed by atoms with Crippen molar-refractivity contribution in [2.75, 3.05) is 6.61 Å². The molecular weight excluding hydrogens is 360 g/mol. The zero-order valence-corrected chi connectivity index (χ0v) is 15.2. The normalized spacial score (nSPS) is 10.9. The molecule has 3 rings (SSSR count). The Morgan fingerprint density at radius 1 is 1.35 bits per heavy atom. The number of hydrogen-bond acceptors (Lipinski definition) is 6. The lowest BCUT2D eigenvalue weighted by molar-refractivity contribution is 0.103. The summed E-state index contributed by atoms with van der Waals surface area (Å²) in [4.78, 5) is 25.1. The number of benzene rings is 1. The van der Waals surface area contributed by atoms with Gasteiger partial charge in [-0.15, -0.1) is 5.10 Å². The van der Waals surface area contributed by atoms with Crippen molar-refractivity contribution in [2.24, 2.45) is 7.05 Å². The maximum absolute atomic E-state index is 12.9. The van der Waals surface area contributed by atoms with E-state index in [1.165, 1.54) is 15.7 Å². The number of aryl methyl sites for hydroxylation is 2. The minimum atomic E-state index is -0.372. The largest absolute Gasteiger partial charge is 0.490 e. The van der Waals surface area contributed by atoms with Gasteiger partial charge >= 0.3 is 0 Å². The summed E-state index contributed by atoms with van der Waals surface area (Å²) in [6.07, 6.45) is 1.47. The van der Waals surface area contributed by atoms with Gasteiger partial charge in [0.25, 0.3) is 5.56 Å². The quantitative estimate of drug-likeness (QED) is 0.649. The number of nitrogens with zero attached hydrogens (tertiary/aromatic N) is 5. The van der Waals surface area contributed by atoms with Gasteiger partial charge in [-0.05, 0) is 36.4 Å². The molecule has 0 radical (unpaired) electrons. The number of ketones is 1. The maximum Gasteiger partial charge on any atom is 0.277 e. The smallest absolute Gasteiger partial charge is 0.277 e. The first-order chi connectivity index (χ1) is 12.4. The number of nitrogens with one attached hydrogen (secondary N) is 1. The second kappa shape index (κ2) is 7.12. The molecule has 1 aromatic carbocycles. The van der Waals surface area contributed by atoms with Crippen LogP contribution in [-0.4, -0.2) is 42.4 Å². The minimum absolute atomic E-state index is 0.109. The highest BCUT2D eigenvalue weighted by Gasteiger charge is 2.23. The van der Waals surface area contributed by atoms with Gasteiger partial charge in [-0.25, -0.2) is 4.68 Å². The van der Waals surface area contributed by atoms with E-state index < -0.39 is 0 Å². The van der Waals surface area contributed by atoms with E-state index in [0.717, 1.165) is 0 Å². The topological polar surface area (TPSA) is 108 Å². The molecule has 0 atom stereocenters. The van der Waals surface area contributed by atoms with Gasteiger partial charge in [-0.3, -0.25) is 19.4 Å². The number of ether oxygens (including phenoxy) is 1. The van der Waals surface area contributed by atoms with Crippen molar-refractivity contribution in [3.05, 3.63) is 56.2 Å². The van der Waals surface area contributed by atoms with Crippen molar-refractivity contribution in [2.45, 2.75) is 20.4 Å². The van der Waals surface area contributed by atoms with Crippen LogP contribution in [0.1, 0.15) is 27.2 Å². The van der Waals surface area contributed by atoms with Gasteiger partial charge in [0.2, 0.25) is 5.78 Å². The summed E-state index contributed by atoms with van der Waals surface area (Å²) in [6.45, 7) is 4.12. The first kappa shape index (κ1) is 17.9. The Bertz CT molecular complexity index is 1010. The summed E-state index contributed by atoms with van der Waals surface area (Å²) >= 11 is 6.22. The van der Waals surface area contributed by atoms with Crippen LogP contribution < -0.4 is 10.3 Å². The van der Waals surface area contributed by atoms with Crippen LogP contribution >= 0.6 is 11.6 Å². The lowest BCUT2D eigenvalue weighted by Crippen LogP contribution is -2.20. The molecule has 0 aliphatic heterocycles. The zero-order valence-electron chi connectivity index (χ0n) is 14.5. The van der Waals surface area contributed by atoms with Crippen molar-refractivity contribution >= 4 is 17.4 Å². The monoisotopic (exact) mass is 376 g/mol. The number of aromatic amines is 1. The molecule has 0 spiro atoms. The second-order valence-electron chi connectivity index (χ2n) is 5.78. The highest BCUT2D eigenvalue weighted by Crippen LogP contribution is 2.32. The van der Waals surface area contributed by atoms with Gasteiger partial charge in [-0.2, -0.15) is 0 Å². The van der Waals surface area contributed by atoms with Gasteiger partial charge in [0, 0.05) is 23.9 Å². The van der Waals surface area contributed by atoms with Crippen molar-refractivity contribution in [3.8, 4) is 5.75 Å². The third-order valence-electron chi connectivity index (χ3n) is 4.02. The van der Waals surface area contributed by atoms with Crippen LogP contribution in [0.2, 0.25) is 5.02 Å². The highest BCUT2D eigenvalue weighted by molar-refractivity contribution is 6.32. The molecule has 0 unspecified atom stereocenters. The molecule has 9 nitrogen and oxygen atoms in total. The Kier molecular flexibility index (Phi) is 4.90. The Labute approximate surface area is 153 Å². The van der Waals surface area contributed by atoms with E-state index in [2.05, 4.69) is 20.6 Å². The molecule has 136 valence electrons. The molecule has 10 heteroatoms. The first-order valence-electron chi connectivity index (χ1n) is 7.83. The predicted molar refractivity (Wildman–Crippen MR) is 93.7 cm³/mol. The van der Waals surface area contributed by atoms with E-state index in [-0.39, 0.29) is 23.5 Å². The van der Waals surface area contributed by atoms with Crippen LogP contribution in [0.4, 0.5) is 0 Å². The average molecular weight is 377 g/mol. The molecule has 0 fully saturated rings. The molecule has 0 saturated carbocycles. The lowest BCUT2D eigenvalue weighted by Gasteiger charge is -2.13. The fourth-order valence-electron chi connectivity index (χ4n) is 2.69. The molecular formula is C16H17ClN6O3. The SMILES string of the molecule is Cc1[nH]n(C)c(=O)c1C(=O)c1ccc(Cl)c(OCCn2cnnn2)c1C. The van der Waals surface area contributed by atoms with Gasteiger partial charge in [-0.1, -0.05) is 11.6 Å². The number of halogens is 1. The summed E-state index contributed by atoms with van der Waals surface area (Å²) in [7, 11) is 1.56. The van der Waals surface area contributed by atoms with Gasteiger partial charge in [0.05, 0.1) is 11.6 Å². The van der Waals surface area contributed by atoms with E-state index in [9.17, 15) is 9.59 Å². The van der Waals surface area contributed by atoms with Crippen LogP contribution in [0.3, 0.4) is 0 Å². The fraction of sp³-hybridized carbons (Fsp3) is 0.312. The first-order valence-corrected chi connectivity index (χ1v) is 8.21. The number of tetrazole rings is 1. The Balaban J connectivity index is 1.89. The zero-order chi connectivity index (χ0) is 18.8. The van der Waals surface area contributed by atoms with Crippen LogP contribution in [0, 0.1) is 13.8 Å². The number of aromatic nitrogens is 6. The Morgan fingerprint density at radius 2 is 2.12 bits per heavy atom. The summed E-state index contributed by atoms with van der Waals surface area (Å²) < 4.78 is 8.54. The van der Waals surface area contributed by atoms with E-state index in [4.69, 9.17) is 16.3 Å². The summed E-state index contributed by atoms with van der Waals surface area (Å²) in [5.74, 6) is 0.0273.